The zero-order chi connectivity index (χ0) is 22.2. The van der Waals surface area contributed by atoms with Gasteiger partial charge in [0.05, 0.1) is 11.6 Å². The lowest BCUT2D eigenvalue weighted by Gasteiger charge is -2.18. The van der Waals surface area contributed by atoms with E-state index in [4.69, 9.17) is 4.42 Å². The molecule has 32 heavy (non-hydrogen) atoms. The molecule has 0 aliphatic carbocycles. The van der Waals surface area contributed by atoms with E-state index < -0.39 is 5.97 Å². The van der Waals surface area contributed by atoms with E-state index >= 15 is 0 Å². The van der Waals surface area contributed by atoms with Crippen LogP contribution in [0.15, 0.2) is 83.4 Å². The number of aryl methyl sites for hydroxylation is 1. The number of pyridine rings is 1. The summed E-state index contributed by atoms with van der Waals surface area (Å²) in [6.07, 6.45) is 1.81. The van der Waals surface area contributed by atoms with E-state index in [9.17, 15) is 9.90 Å². The number of nitrogens with one attached hydrogen (secondary N) is 1. The molecule has 0 saturated heterocycles. The van der Waals surface area contributed by atoms with Gasteiger partial charge in [-0.1, -0.05) is 48.5 Å². The molecule has 0 aliphatic rings. The Kier molecular flexibility index (Phi) is 4.86. The summed E-state index contributed by atoms with van der Waals surface area (Å²) in [5, 5.41) is 13.8. The van der Waals surface area contributed by atoms with Crippen LogP contribution >= 0.6 is 0 Å². The molecule has 0 bridgehead atoms. The molecule has 3 aromatic carbocycles. The number of carbonyl (C=O) groups is 1. The van der Waals surface area contributed by atoms with Crippen molar-refractivity contribution in [3.05, 3.63) is 95.7 Å². The normalized spacial score (nSPS) is 12.2. The van der Waals surface area contributed by atoms with Gasteiger partial charge in [-0.15, -0.1) is 0 Å². The van der Waals surface area contributed by atoms with Crippen LogP contribution in [0.4, 0.5) is 5.69 Å². The highest BCUT2D eigenvalue weighted by molar-refractivity contribution is 6.08. The second-order valence-electron chi connectivity index (χ2n) is 7.95. The summed E-state index contributed by atoms with van der Waals surface area (Å²) in [6.45, 7) is 4.05. The van der Waals surface area contributed by atoms with Crippen LogP contribution in [0.2, 0.25) is 0 Å². The number of fused-ring (bicyclic) bond motifs is 3. The van der Waals surface area contributed by atoms with Crippen molar-refractivity contribution in [1.82, 2.24) is 4.98 Å². The fourth-order valence-corrected chi connectivity index (χ4v) is 4.21. The number of hydrogen-bond donors (Lipinski definition) is 2. The molecule has 5 nitrogen and oxygen atoms in total. The quantitative estimate of drug-likeness (QED) is 0.325. The molecule has 0 fully saturated rings. The smallest absolute Gasteiger partial charge is 0.337 e. The van der Waals surface area contributed by atoms with Crippen LogP contribution in [-0.2, 0) is 0 Å². The number of aromatic nitrogens is 1. The van der Waals surface area contributed by atoms with Crippen LogP contribution in [0.1, 0.15) is 34.5 Å². The molecule has 158 valence electrons. The van der Waals surface area contributed by atoms with Gasteiger partial charge in [0.15, 0.2) is 5.58 Å². The molecule has 5 heteroatoms. The van der Waals surface area contributed by atoms with Crippen molar-refractivity contribution in [3.8, 4) is 11.1 Å². The molecule has 0 spiro atoms. The van der Waals surface area contributed by atoms with Crippen molar-refractivity contribution in [3.63, 3.8) is 0 Å². The summed E-state index contributed by atoms with van der Waals surface area (Å²) in [4.78, 5) is 16.3. The monoisotopic (exact) mass is 422 g/mol. The molecule has 2 heterocycles. The van der Waals surface area contributed by atoms with E-state index in [2.05, 4.69) is 34.6 Å². The number of nitrogens with zero attached hydrogens (tertiary/aromatic N) is 1. The SMILES string of the molecule is Cc1cc([C@@H](C)Nc2ccccc2C(=O)O)c2oc3c(-c4ccccc4)ccnc3c2c1. The molecule has 0 saturated carbocycles. The second kappa shape index (κ2) is 7.85. The van der Waals surface area contributed by atoms with E-state index in [1.54, 1.807) is 18.2 Å². The highest BCUT2D eigenvalue weighted by atomic mass is 16.4. The van der Waals surface area contributed by atoms with E-state index in [0.29, 0.717) is 5.69 Å². The van der Waals surface area contributed by atoms with Gasteiger partial charge in [-0.25, -0.2) is 4.79 Å². The van der Waals surface area contributed by atoms with Gasteiger partial charge in [-0.05, 0) is 49.2 Å². The third-order valence-electron chi connectivity index (χ3n) is 5.71. The maximum absolute atomic E-state index is 11.6. The Morgan fingerprint density at radius 3 is 2.53 bits per heavy atom. The predicted octanol–water partition coefficient (Wildman–Crippen LogP) is 6.83. The van der Waals surface area contributed by atoms with Crippen LogP contribution in [0.25, 0.3) is 33.2 Å². The molecule has 0 unspecified atom stereocenters. The summed E-state index contributed by atoms with van der Waals surface area (Å²) >= 11 is 0. The van der Waals surface area contributed by atoms with Gasteiger partial charge < -0.3 is 14.8 Å². The van der Waals surface area contributed by atoms with Crippen molar-refractivity contribution in [1.29, 1.82) is 0 Å². The third-order valence-corrected chi connectivity index (χ3v) is 5.71. The maximum Gasteiger partial charge on any atom is 0.337 e. The number of furan rings is 1. The minimum Gasteiger partial charge on any atom is -0.478 e. The first-order valence-electron chi connectivity index (χ1n) is 10.5. The first-order chi connectivity index (χ1) is 15.5. The average molecular weight is 422 g/mol. The van der Waals surface area contributed by atoms with Gasteiger partial charge in [0.1, 0.15) is 11.1 Å². The second-order valence-corrected chi connectivity index (χ2v) is 7.95. The largest absolute Gasteiger partial charge is 0.478 e. The fourth-order valence-electron chi connectivity index (χ4n) is 4.21. The zero-order valence-corrected chi connectivity index (χ0v) is 17.8. The van der Waals surface area contributed by atoms with Crippen molar-refractivity contribution in [2.24, 2.45) is 0 Å². The maximum atomic E-state index is 11.6. The highest BCUT2D eigenvalue weighted by Crippen LogP contribution is 2.38. The Balaban J connectivity index is 1.67. The van der Waals surface area contributed by atoms with Gasteiger partial charge in [-0.3, -0.25) is 4.98 Å². The summed E-state index contributed by atoms with van der Waals surface area (Å²) in [7, 11) is 0. The molecule has 0 radical (unpaired) electrons. The molecule has 2 aromatic heterocycles. The van der Waals surface area contributed by atoms with Crippen LogP contribution in [0, 0.1) is 6.92 Å². The number of para-hydroxylation sites is 1. The van der Waals surface area contributed by atoms with Gasteiger partial charge in [-0.2, -0.15) is 0 Å². The Labute approximate surface area is 185 Å². The zero-order valence-electron chi connectivity index (χ0n) is 17.8. The van der Waals surface area contributed by atoms with Crippen LogP contribution in [0.5, 0.6) is 0 Å². The number of carboxylic acid groups (broad SMARTS) is 1. The Morgan fingerprint density at radius 1 is 1.00 bits per heavy atom. The molecule has 2 N–H and O–H groups in total. The van der Waals surface area contributed by atoms with Crippen LogP contribution in [-0.4, -0.2) is 16.1 Å². The topological polar surface area (TPSA) is 75.4 Å². The van der Waals surface area contributed by atoms with Gasteiger partial charge >= 0.3 is 5.97 Å². The molecule has 5 aromatic rings. The van der Waals surface area contributed by atoms with Crippen molar-refractivity contribution >= 4 is 33.7 Å². The van der Waals surface area contributed by atoms with Crippen molar-refractivity contribution in [2.45, 2.75) is 19.9 Å². The first-order valence-corrected chi connectivity index (χ1v) is 10.5. The molecule has 1 atom stereocenters. The van der Waals surface area contributed by atoms with E-state index in [-0.39, 0.29) is 11.6 Å². The number of benzene rings is 3. The summed E-state index contributed by atoms with van der Waals surface area (Å²) < 4.78 is 6.44. The Hall–Kier alpha value is -4.12. The number of hydrogen-bond acceptors (Lipinski definition) is 4. The average Bonchev–Trinajstić information content (AvgIpc) is 3.18. The van der Waals surface area contributed by atoms with Gasteiger partial charge in [0.25, 0.3) is 0 Å². The standard InChI is InChI=1S/C27H22N2O3/c1-16-14-21(17(2)29-23-11-7-6-10-20(23)27(30)31)25-22(15-16)24-26(32-25)19(12-13-28-24)18-8-4-3-5-9-18/h3-15,17,29H,1-2H3,(H,30,31)/t17-/m1/s1. The van der Waals surface area contributed by atoms with Gasteiger partial charge in [0.2, 0.25) is 0 Å². The molecular weight excluding hydrogens is 400 g/mol. The number of rotatable bonds is 5. The van der Waals surface area contributed by atoms with Crippen LogP contribution in [0.3, 0.4) is 0 Å². The minimum absolute atomic E-state index is 0.182. The summed E-state index contributed by atoms with van der Waals surface area (Å²) in [5.41, 5.74) is 7.24. The van der Waals surface area contributed by atoms with Crippen molar-refractivity contribution in [2.75, 3.05) is 5.32 Å². The fraction of sp³-hybridized carbons (Fsp3) is 0.111. The van der Waals surface area contributed by atoms with E-state index in [0.717, 1.165) is 44.3 Å². The number of aromatic carboxylic acids is 1. The first kappa shape index (κ1) is 19.8. The predicted molar refractivity (Wildman–Crippen MR) is 127 cm³/mol. The minimum atomic E-state index is -0.963. The Morgan fingerprint density at radius 2 is 1.75 bits per heavy atom. The molecule has 0 aliphatic heterocycles. The lowest BCUT2D eigenvalue weighted by Crippen LogP contribution is -2.11. The number of carboxylic acids is 1. The van der Waals surface area contributed by atoms with Crippen molar-refractivity contribution < 1.29 is 14.3 Å². The number of anilines is 1. The molecule has 0 amide bonds. The van der Waals surface area contributed by atoms with E-state index in [1.165, 1.54) is 0 Å². The van der Waals surface area contributed by atoms with Crippen LogP contribution < -0.4 is 5.32 Å². The summed E-state index contributed by atoms with van der Waals surface area (Å²) in [6, 6.07) is 23.0. The summed E-state index contributed by atoms with van der Waals surface area (Å²) in [5.74, 6) is -0.963. The van der Waals surface area contributed by atoms with Gasteiger partial charge in [0, 0.05) is 28.4 Å². The lowest BCUT2D eigenvalue weighted by atomic mass is 10.0. The third kappa shape index (κ3) is 3.38. The van der Waals surface area contributed by atoms with E-state index in [1.807, 2.05) is 50.4 Å². The Bertz CT molecular complexity index is 1450. The highest BCUT2D eigenvalue weighted by Gasteiger charge is 2.20. The lowest BCUT2D eigenvalue weighted by molar-refractivity contribution is 0.0698. The molecule has 5 rings (SSSR count). The molecular formula is C27H22N2O3.